The van der Waals surface area contributed by atoms with E-state index in [1.165, 1.54) is 6.20 Å². The second kappa shape index (κ2) is 9.81. The maximum Gasteiger partial charge on any atom is 0.251 e. The average molecular weight is 505 g/mol. The Labute approximate surface area is 216 Å². The molecule has 1 amide bonds. The van der Waals surface area contributed by atoms with E-state index < -0.39 is 0 Å². The van der Waals surface area contributed by atoms with E-state index >= 15 is 0 Å². The Balaban J connectivity index is 1.54. The first-order valence-corrected chi connectivity index (χ1v) is 12.1. The van der Waals surface area contributed by atoms with Crippen LogP contribution in [0.4, 0.5) is 5.69 Å². The fraction of sp³-hybridized carbons (Fsp3) is 0.321. The summed E-state index contributed by atoms with van der Waals surface area (Å²) >= 11 is 6.50. The third-order valence-electron chi connectivity index (χ3n) is 5.99. The van der Waals surface area contributed by atoms with Crippen molar-refractivity contribution in [3.05, 3.63) is 71.0 Å². The Morgan fingerprint density at radius 1 is 1.14 bits per heavy atom. The summed E-state index contributed by atoms with van der Waals surface area (Å²) in [5.41, 5.74) is 7.79. The SMILES string of the molecule is CC1(C)CC(NC(=O)c2ccc(Oc3cccc(-c4cncc(N)c4)c3C#N)c(Cl)c2)CC(C)(C)O1. The van der Waals surface area contributed by atoms with Crippen LogP contribution in [-0.2, 0) is 4.74 Å². The number of rotatable bonds is 5. The van der Waals surface area contributed by atoms with Crippen molar-refractivity contribution in [3.63, 3.8) is 0 Å². The van der Waals surface area contributed by atoms with E-state index in [0.717, 1.165) is 0 Å². The topological polar surface area (TPSA) is 110 Å². The van der Waals surface area contributed by atoms with Crippen LogP contribution >= 0.6 is 11.6 Å². The highest BCUT2D eigenvalue weighted by Crippen LogP contribution is 2.37. The van der Waals surface area contributed by atoms with Crippen molar-refractivity contribution in [1.82, 2.24) is 10.3 Å². The summed E-state index contributed by atoms with van der Waals surface area (Å²) in [6.45, 7) is 8.13. The predicted octanol–water partition coefficient (Wildman–Crippen LogP) is 6.11. The molecule has 3 N–H and O–H groups in total. The van der Waals surface area contributed by atoms with Crippen LogP contribution in [0.25, 0.3) is 11.1 Å². The summed E-state index contributed by atoms with van der Waals surface area (Å²) in [4.78, 5) is 17.1. The van der Waals surface area contributed by atoms with Crippen LogP contribution in [0.15, 0.2) is 54.9 Å². The van der Waals surface area contributed by atoms with Gasteiger partial charge in [0.2, 0.25) is 0 Å². The Bertz CT molecular complexity index is 1330. The molecule has 2 aromatic carbocycles. The van der Waals surface area contributed by atoms with E-state index in [1.807, 2.05) is 27.7 Å². The second-order valence-electron chi connectivity index (χ2n) is 10.2. The van der Waals surface area contributed by atoms with Crippen LogP contribution in [-0.4, -0.2) is 28.1 Å². The van der Waals surface area contributed by atoms with Crippen LogP contribution in [0.1, 0.15) is 56.5 Å². The largest absolute Gasteiger partial charge is 0.454 e. The quantitative estimate of drug-likeness (QED) is 0.433. The summed E-state index contributed by atoms with van der Waals surface area (Å²) in [6, 6.07) is 14.0. The molecule has 1 aliphatic heterocycles. The van der Waals surface area contributed by atoms with Gasteiger partial charge >= 0.3 is 0 Å². The Morgan fingerprint density at radius 2 is 1.86 bits per heavy atom. The highest BCUT2D eigenvalue weighted by Gasteiger charge is 2.39. The number of benzene rings is 2. The Kier molecular flexibility index (Phi) is 6.94. The van der Waals surface area contributed by atoms with Gasteiger partial charge in [-0.25, -0.2) is 0 Å². The van der Waals surface area contributed by atoms with E-state index in [1.54, 1.807) is 48.7 Å². The normalized spacial score (nSPS) is 16.7. The lowest BCUT2D eigenvalue weighted by Crippen LogP contribution is -2.52. The number of amides is 1. The third kappa shape index (κ3) is 5.78. The highest BCUT2D eigenvalue weighted by molar-refractivity contribution is 6.32. The van der Waals surface area contributed by atoms with Gasteiger partial charge in [0.15, 0.2) is 0 Å². The molecule has 186 valence electrons. The smallest absolute Gasteiger partial charge is 0.251 e. The standard InChI is InChI=1S/C28H29ClN4O3/c1-27(2)12-20(13-28(3,4)36-27)33-26(34)17-8-9-25(23(29)11-17)35-24-7-5-6-21(22(24)14-30)18-10-19(31)16-32-15-18/h5-11,15-16,20H,12-13,31H2,1-4H3,(H,33,34). The minimum absolute atomic E-state index is 0.0200. The maximum absolute atomic E-state index is 13.0. The zero-order valence-corrected chi connectivity index (χ0v) is 21.5. The molecule has 3 aromatic rings. The van der Waals surface area contributed by atoms with Gasteiger partial charge in [-0.05, 0) is 70.9 Å². The molecule has 8 heteroatoms. The molecule has 2 heterocycles. The van der Waals surface area contributed by atoms with E-state index in [4.69, 9.17) is 26.8 Å². The molecule has 7 nitrogen and oxygen atoms in total. The number of nitrogens with zero attached hydrogens (tertiary/aromatic N) is 2. The van der Waals surface area contributed by atoms with Crippen molar-refractivity contribution in [2.24, 2.45) is 0 Å². The van der Waals surface area contributed by atoms with Gasteiger partial charge < -0.3 is 20.5 Å². The molecule has 0 atom stereocenters. The van der Waals surface area contributed by atoms with E-state index in [-0.39, 0.29) is 28.2 Å². The van der Waals surface area contributed by atoms with E-state index in [9.17, 15) is 10.1 Å². The number of hydrogen-bond acceptors (Lipinski definition) is 6. The molecule has 0 saturated carbocycles. The predicted molar refractivity (Wildman–Crippen MR) is 140 cm³/mol. The van der Waals surface area contributed by atoms with Gasteiger partial charge in [-0.3, -0.25) is 9.78 Å². The molecule has 0 aliphatic carbocycles. The van der Waals surface area contributed by atoms with Crippen molar-refractivity contribution in [1.29, 1.82) is 5.26 Å². The number of carbonyl (C=O) groups excluding carboxylic acids is 1. The minimum Gasteiger partial charge on any atom is -0.454 e. The van der Waals surface area contributed by atoms with Crippen LogP contribution in [0, 0.1) is 11.3 Å². The lowest BCUT2D eigenvalue weighted by Gasteiger charge is -2.45. The number of ether oxygens (including phenoxy) is 2. The summed E-state index contributed by atoms with van der Waals surface area (Å²) < 4.78 is 12.1. The third-order valence-corrected chi connectivity index (χ3v) is 6.28. The number of halogens is 1. The summed E-state index contributed by atoms with van der Waals surface area (Å²) in [5.74, 6) is 0.458. The molecule has 0 bridgehead atoms. The Morgan fingerprint density at radius 3 is 2.50 bits per heavy atom. The molecular formula is C28H29ClN4O3. The number of nitrogen functional groups attached to an aromatic ring is 1. The Hall–Kier alpha value is -3.60. The first-order chi connectivity index (χ1) is 17.0. The fourth-order valence-electron chi connectivity index (χ4n) is 4.88. The molecule has 1 fully saturated rings. The van der Waals surface area contributed by atoms with Crippen molar-refractivity contribution in [2.75, 3.05) is 5.73 Å². The number of aromatic nitrogens is 1. The first-order valence-electron chi connectivity index (χ1n) is 11.7. The number of carbonyl (C=O) groups is 1. The molecule has 1 saturated heterocycles. The van der Waals surface area contributed by atoms with Crippen molar-refractivity contribution in [2.45, 2.75) is 57.8 Å². The van der Waals surface area contributed by atoms with Gasteiger partial charge in [-0.15, -0.1) is 0 Å². The molecule has 1 aliphatic rings. The zero-order valence-electron chi connectivity index (χ0n) is 20.8. The fourth-order valence-corrected chi connectivity index (χ4v) is 5.10. The van der Waals surface area contributed by atoms with Gasteiger partial charge in [0.05, 0.1) is 21.9 Å². The van der Waals surface area contributed by atoms with Gasteiger partial charge in [-0.2, -0.15) is 5.26 Å². The molecule has 0 radical (unpaired) electrons. The van der Waals surface area contributed by atoms with Crippen LogP contribution in [0.2, 0.25) is 5.02 Å². The first kappa shape index (κ1) is 25.5. The highest BCUT2D eigenvalue weighted by atomic mass is 35.5. The molecule has 4 rings (SSSR count). The number of anilines is 1. The molecule has 1 aromatic heterocycles. The lowest BCUT2D eigenvalue weighted by atomic mass is 9.85. The van der Waals surface area contributed by atoms with Crippen LogP contribution in [0.5, 0.6) is 11.5 Å². The summed E-state index contributed by atoms with van der Waals surface area (Å²) in [5, 5.41) is 13.2. The monoisotopic (exact) mass is 504 g/mol. The van der Waals surface area contributed by atoms with Gasteiger partial charge in [-0.1, -0.05) is 23.7 Å². The van der Waals surface area contributed by atoms with Crippen LogP contribution in [0.3, 0.4) is 0 Å². The number of pyridine rings is 1. The number of nitrogens with one attached hydrogen (secondary N) is 1. The maximum atomic E-state index is 13.0. The average Bonchev–Trinajstić information content (AvgIpc) is 2.78. The summed E-state index contributed by atoms with van der Waals surface area (Å²) in [7, 11) is 0. The number of nitrogens with two attached hydrogens (primary N) is 1. The van der Waals surface area contributed by atoms with E-state index in [0.29, 0.717) is 52.3 Å². The molecule has 36 heavy (non-hydrogen) atoms. The molecular weight excluding hydrogens is 476 g/mol. The lowest BCUT2D eigenvalue weighted by molar-refractivity contribution is -0.162. The second-order valence-corrected chi connectivity index (χ2v) is 10.7. The van der Waals surface area contributed by atoms with Crippen molar-refractivity contribution < 1.29 is 14.3 Å². The van der Waals surface area contributed by atoms with Gasteiger partial charge in [0.1, 0.15) is 23.1 Å². The minimum atomic E-state index is -0.330. The van der Waals surface area contributed by atoms with Crippen LogP contribution < -0.4 is 15.8 Å². The van der Waals surface area contributed by atoms with Crippen molar-refractivity contribution in [3.8, 4) is 28.7 Å². The zero-order chi connectivity index (χ0) is 26.1. The molecule has 0 spiro atoms. The van der Waals surface area contributed by atoms with Gasteiger partial charge in [0, 0.05) is 35.1 Å². The van der Waals surface area contributed by atoms with Gasteiger partial charge in [0.25, 0.3) is 5.91 Å². The number of nitriles is 1. The molecule has 0 unspecified atom stereocenters. The van der Waals surface area contributed by atoms with Crippen molar-refractivity contribution >= 4 is 23.2 Å². The summed E-state index contributed by atoms with van der Waals surface area (Å²) in [6.07, 6.45) is 4.61. The number of hydrogen-bond donors (Lipinski definition) is 2. The van der Waals surface area contributed by atoms with E-state index in [2.05, 4.69) is 16.4 Å².